The van der Waals surface area contributed by atoms with Crippen LogP contribution in [-0.2, 0) is 6.54 Å². The Bertz CT molecular complexity index is 523. The Morgan fingerprint density at radius 1 is 1.40 bits per heavy atom. The number of benzene rings is 1. The molecule has 1 aromatic carbocycles. The Morgan fingerprint density at radius 3 is 2.95 bits per heavy atom. The molecule has 0 amide bonds. The van der Waals surface area contributed by atoms with Gasteiger partial charge in [-0.2, -0.15) is 5.10 Å². The van der Waals surface area contributed by atoms with Gasteiger partial charge in [-0.05, 0) is 38.9 Å². The zero-order valence-corrected chi connectivity index (χ0v) is 12.5. The van der Waals surface area contributed by atoms with Gasteiger partial charge in [0, 0.05) is 30.5 Å². The molecule has 1 N–H and O–H groups in total. The van der Waals surface area contributed by atoms with Crippen molar-refractivity contribution in [1.82, 2.24) is 15.1 Å². The molecule has 1 heterocycles. The third kappa shape index (κ3) is 3.84. The van der Waals surface area contributed by atoms with Crippen molar-refractivity contribution in [3.05, 3.63) is 47.8 Å². The summed E-state index contributed by atoms with van der Waals surface area (Å²) in [5, 5.41) is 7.74. The highest BCUT2D eigenvalue weighted by Crippen LogP contribution is 2.25. The first-order chi connectivity index (χ1) is 9.70. The maximum absolute atomic E-state index is 5.43. The molecule has 108 valence electrons. The Labute approximate surface area is 120 Å². The Morgan fingerprint density at radius 2 is 2.25 bits per heavy atom. The van der Waals surface area contributed by atoms with Crippen LogP contribution in [0.4, 0.5) is 0 Å². The molecule has 1 aromatic heterocycles. The molecule has 4 nitrogen and oxygen atoms in total. The molecule has 0 aliphatic heterocycles. The molecule has 0 bridgehead atoms. The standard InChI is InChI=1S/C16H23N3O/c1-13-6-7-16(20-3)15(12-13)14(2)17-8-4-10-19-11-5-9-18-19/h5-7,9,11-12,14,17H,4,8,10H2,1-3H3/t14-/m0/s1. The fraction of sp³-hybridized carbons (Fsp3) is 0.438. The fourth-order valence-electron chi connectivity index (χ4n) is 2.29. The first-order valence-corrected chi connectivity index (χ1v) is 7.06. The molecule has 0 saturated carbocycles. The van der Waals surface area contributed by atoms with Crippen LogP contribution >= 0.6 is 0 Å². The van der Waals surface area contributed by atoms with E-state index in [1.54, 1.807) is 7.11 Å². The van der Waals surface area contributed by atoms with Crippen molar-refractivity contribution >= 4 is 0 Å². The Balaban J connectivity index is 1.85. The molecule has 0 spiro atoms. The van der Waals surface area contributed by atoms with Crippen LogP contribution in [0.25, 0.3) is 0 Å². The normalized spacial score (nSPS) is 12.3. The van der Waals surface area contributed by atoms with Crippen LogP contribution < -0.4 is 10.1 Å². The van der Waals surface area contributed by atoms with Gasteiger partial charge in [0.1, 0.15) is 5.75 Å². The molecule has 0 saturated heterocycles. The number of hydrogen-bond donors (Lipinski definition) is 1. The largest absolute Gasteiger partial charge is 0.496 e. The van der Waals surface area contributed by atoms with Crippen molar-refractivity contribution in [3.8, 4) is 5.75 Å². The third-order valence-electron chi connectivity index (χ3n) is 3.43. The molecule has 0 radical (unpaired) electrons. The molecule has 0 fully saturated rings. The summed E-state index contributed by atoms with van der Waals surface area (Å²) in [4.78, 5) is 0. The van der Waals surface area contributed by atoms with E-state index in [-0.39, 0.29) is 6.04 Å². The highest BCUT2D eigenvalue weighted by atomic mass is 16.5. The molecule has 0 unspecified atom stereocenters. The smallest absolute Gasteiger partial charge is 0.123 e. The Hall–Kier alpha value is -1.81. The maximum atomic E-state index is 5.43. The second-order valence-electron chi connectivity index (χ2n) is 5.04. The van der Waals surface area contributed by atoms with E-state index in [0.29, 0.717) is 0 Å². The molecule has 0 aliphatic carbocycles. The minimum atomic E-state index is 0.280. The summed E-state index contributed by atoms with van der Waals surface area (Å²) in [5.41, 5.74) is 2.47. The molecule has 1 atom stereocenters. The second-order valence-corrected chi connectivity index (χ2v) is 5.04. The monoisotopic (exact) mass is 273 g/mol. The minimum absolute atomic E-state index is 0.280. The number of nitrogens with zero attached hydrogens (tertiary/aromatic N) is 2. The lowest BCUT2D eigenvalue weighted by Crippen LogP contribution is -2.21. The zero-order valence-electron chi connectivity index (χ0n) is 12.5. The van der Waals surface area contributed by atoms with Crippen LogP contribution in [0, 0.1) is 6.92 Å². The van der Waals surface area contributed by atoms with Gasteiger partial charge < -0.3 is 10.1 Å². The number of nitrogens with one attached hydrogen (secondary N) is 1. The summed E-state index contributed by atoms with van der Waals surface area (Å²) < 4.78 is 7.39. The Kier molecular flexibility index (Phi) is 5.18. The number of hydrogen-bond acceptors (Lipinski definition) is 3. The predicted octanol–water partition coefficient (Wildman–Crippen LogP) is 2.94. The quantitative estimate of drug-likeness (QED) is 0.788. The van der Waals surface area contributed by atoms with E-state index in [1.165, 1.54) is 11.1 Å². The van der Waals surface area contributed by atoms with Crippen LogP contribution in [0.5, 0.6) is 5.75 Å². The average Bonchev–Trinajstić information content (AvgIpc) is 2.96. The van der Waals surface area contributed by atoms with Crippen molar-refractivity contribution in [2.45, 2.75) is 32.9 Å². The molecule has 20 heavy (non-hydrogen) atoms. The zero-order chi connectivity index (χ0) is 14.4. The lowest BCUT2D eigenvalue weighted by molar-refractivity contribution is 0.400. The van der Waals surface area contributed by atoms with Gasteiger partial charge >= 0.3 is 0 Å². The van der Waals surface area contributed by atoms with E-state index in [4.69, 9.17) is 4.74 Å². The summed E-state index contributed by atoms with van der Waals surface area (Å²) in [5.74, 6) is 0.947. The molecule has 2 rings (SSSR count). The minimum Gasteiger partial charge on any atom is -0.496 e. The lowest BCUT2D eigenvalue weighted by Gasteiger charge is -2.18. The number of aromatic nitrogens is 2. The van der Waals surface area contributed by atoms with E-state index in [9.17, 15) is 0 Å². The number of rotatable bonds is 7. The van der Waals surface area contributed by atoms with Gasteiger partial charge in [0.05, 0.1) is 7.11 Å². The highest BCUT2D eigenvalue weighted by molar-refractivity contribution is 5.38. The van der Waals surface area contributed by atoms with Gasteiger partial charge in [-0.3, -0.25) is 4.68 Å². The summed E-state index contributed by atoms with van der Waals surface area (Å²) >= 11 is 0. The molecular formula is C16H23N3O. The highest BCUT2D eigenvalue weighted by Gasteiger charge is 2.10. The van der Waals surface area contributed by atoms with Crippen molar-refractivity contribution in [1.29, 1.82) is 0 Å². The van der Waals surface area contributed by atoms with Crippen LogP contribution in [0.15, 0.2) is 36.7 Å². The topological polar surface area (TPSA) is 39.1 Å². The SMILES string of the molecule is COc1ccc(C)cc1[C@H](C)NCCCn1cccn1. The summed E-state index contributed by atoms with van der Waals surface area (Å²) in [6.07, 6.45) is 4.86. The summed E-state index contributed by atoms with van der Waals surface area (Å²) in [6, 6.07) is 8.53. The van der Waals surface area contributed by atoms with E-state index < -0.39 is 0 Å². The molecule has 4 heteroatoms. The van der Waals surface area contributed by atoms with E-state index in [0.717, 1.165) is 25.3 Å². The predicted molar refractivity (Wildman–Crippen MR) is 81.0 cm³/mol. The van der Waals surface area contributed by atoms with Gasteiger partial charge in [0.15, 0.2) is 0 Å². The second kappa shape index (κ2) is 7.10. The van der Waals surface area contributed by atoms with Crippen molar-refractivity contribution in [2.75, 3.05) is 13.7 Å². The van der Waals surface area contributed by atoms with E-state index in [2.05, 4.69) is 36.4 Å². The number of methoxy groups -OCH3 is 1. The van der Waals surface area contributed by atoms with Gasteiger partial charge in [-0.15, -0.1) is 0 Å². The van der Waals surface area contributed by atoms with Gasteiger partial charge in [-0.25, -0.2) is 0 Å². The van der Waals surface area contributed by atoms with Crippen LogP contribution in [0.1, 0.15) is 30.5 Å². The van der Waals surface area contributed by atoms with Crippen LogP contribution in [0.3, 0.4) is 0 Å². The van der Waals surface area contributed by atoms with Gasteiger partial charge in [-0.1, -0.05) is 17.7 Å². The van der Waals surface area contributed by atoms with Crippen LogP contribution in [-0.4, -0.2) is 23.4 Å². The molecular weight excluding hydrogens is 250 g/mol. The lowest BCUT2D eigenvalue weighted by atomic mass is 10.0. The maximum Gasteiger partial charge on any atom is 0.123 e. The van der Waals surface area contributed by atoms with E-state index >= 15 is 0 Å². The fourth-order valence-corrected chi connectivity index (χ4v) is 2.29. The van der Waals surface area contributed by atoms with Crippen molar-refractivity contribution in [2.24, 2.45) is 0 Å². The van der Waals surface area contributed by atoms with E-state index in [1.807, 2.05) is 29.2 Å². The third-order valence-corrected chi connectivity index (χ3v) is 3.43. The van der Waals surface area contributed by atoms with Gasteiger partial charge in [0.2, 0.25) is 0 Å². The van der Waals surface area contributed by atoms with Crippen LogP contribution in [0.2, 0.25) is 0 Å². The van der Waals surface area contributed by atoms with Crippen molar-refractivity contribution < 1.29 is 4.74 Å². The average molecular weight is 273 g/mol. The van der Waals surface area contributed by atoms with Crippen molar-refractivity contribution in [3.63, 3.8) is 0 Å². The van der Waals surface area contributed by atoms with Gasteiger partial charge in [0.25, 0.3) is 0 Å². The number of aryl methyl sites for hydroxylation is 2. The summed E-state index contributed by atoms with van der Waals surface area (Å²) in [6.45, 7) is 6.17. The first kappa shape index (κ1) is 14.6. The first-order valence-electron chi connectivity index (χ1n) is 7.06. The number of ether oxygens (including phenoxy) is 1. The molecule has 0 aliphatic rings. The summed E-state index contributed by atoms with van der Waals surface area (Å²) in [7, 11) is 1.72. The molecule has 2 aromatic rings.